The number of carbonyl (C=O) groups excluding carboxylic acids is 1. The van der Waals surface area contributed by atoms with Crippen molar-refractivity contribution in [2.45, 2.75) is 6.92 Å². The Bertz CT molecular complexity index is 462. The Morgan fingerprint density at radius 3 is 2.63 bits per heavy atom. The molecule has 0 unspecified atom stereocenters. The van der Waals surface area contributed by atoms with E-state index in [-0.39, 0.29) is 12.5 Å². The average Bonchev–Trinajstić information content (AvgIpc) is 2.44. The predicted molar refractivity (Wildman–Crippen MR) is 75.9 cm³/mol. The molecule has 1 N–H and O–H groups in total. The third-order valence-corrected chi connectivity index (χ3v) is 2.73. The molecule has 0 spiro atoms. The number of rotatable bonds is 6. The first-order chi connectivity index (χ1) is 9.12. The van der Waals surface area contributed by atoms with Gasteiger partial charge in [0.15, 0.2) is 11.5 Å². The van der Waals surface area contributed by atoms with Crippen molar-refractivity contribution in [2.75, 3.05) is 27.4 Å². The predicted octanol–water partition coefficient (Wildman–Crippen LogP) is 1.53. The first kappa shape index (κ1) is 15.2. The molecule has 0 radical (unpaired) electrons. The molecule has 0 heterocycles. The van der Waals surface area contributed by atoms with Gasteiger partial charge in [-0.25, -0.2) is 0 Å². The second kappa shape index (κ2) is 7.58. The van der Waals surface area contributed by atoms with Crippen LogP contribution >= 0.6 is 12.2 Å². The molecule has 0 saturated carbocycles. The summed E-state index contributed by atoms with van der Waals surface area (Å²) in [6.45, 7) is 2.45. The highest BCUT2D eigenvalue weighted by Crippen LogP contribution is 2.28. The van der Waals surface area contributed by atoms with Crippen molar-refractivity contribution in [3.63, 3.8) is 0 Å². The van der Waals surface area contributed by atoms with Gasteiger partial charge in [0.2, 0.25) is 0 Å². The summed E-state index contributed by atoms with van der Waals surface area (Å²) in [5, 5.41) is 2.82. The van der Waals surface area contributed by atoms with Gasteiger partial charge in [-0.15, -0.1) is 0 Å². The van der Waals surface area contributed by atoms with Crippen LogP contribution in [0.25, 0.3) is 0 Å². The maximum atomic E-state index is 11.0. The summed E-state index contributed by atoms with van der Waals surface area (Å²) in [7, 11) is 2.90. The van der Waals surface area contributed by atoms with Crippen molar-refractivity contribution < 1.29 is 19.0 Å². The van der Waals surface area contributed by atoms with Gasteiger partial charge in [0.1, 0.15) is 11.5 Å². The van der Waals surface area contributed by atoms with E-state index in [2.05, 4.69) is 10.1 Å². The molecule has 0 aromatic heterocycles. The lowest BCUT2D eigenvalue weighted by Crippen LogP contribution is -2.29. The van der Waals surface area contributed by atoms with Crippen molar-refractivity contribution in [1.82, 2.24) is 5.32 Å². The van der Waals surface area contributed by atoms with Crippen LogP contribution in [0.5, 0.6) is 11.5 Å². The Labute approximate surface area is 117 Å². The molecule has 0 atom stereocenters. The van der Waals surface area contributed by atoms with Gasteiger partial charge in [-0.3, -0.25) is 4.79 Å². The second-order valence-corrected chi connectivity index (χ2v) is 3.97. The van der Waals surface area contributed by atoms with Gasteiger partial charge in [0.05, 0.1) is 20.8 Å². The number of hydrogen-bond donors (Lipinski definition) is 1. The fourth-order valence-corrected chi connectivity index (χ4v) is 1.61. The zero-order valence-electron chi connectivity index (χ0n) is 11.2. The van der Waals surface area contributed by atoms with Gasteiger partial charge in [0.25, 0.3) is 0 Å². The highest BCUT2D eigenvalue weighted by Gasteiger charge is 2.09. The van der Waals surface area contributed by atoms with Gasteiger partial charge in [0, 0.05) is 5.56 Å². The molecule has 1 aromatic carbocycles. The van der Waals surface area contributed by atoms with E-state index in [1.807, 2.05) is 6.92 Å². The number of carbonyl (C=O) groups is 1. The van der Waals surface area contributed by atoms with Crippen LogP contribution in [0.1, 0.15) is 12.5 Å². The normalized spacial score (nSPS) is 9.63. The Kier molecular flexibility index (Phi) is 6.08. The third-order valence-electron chi connectivity index (χ3n) is 2.35. The molecule has 19 heavy (non-hydrogen) atoms. The topological polar surface area (TPSA) is 56.8 Å². The number of esters is 1. The van der Waals surface area contributed by atoms with Crippen molar-refractivity contribution in [3.05, 3.63) is 23.8 Å². The Balaban J connectivity index is 2.80. The quantitative estimate of drug-likeness (QED) is 0.631. The zero-order valence-corrected chi connectivity index (χ0v) is 12.0. The van der Waals surface area contributed by atoms with Crippen LogP contribution in [0, 0.1) is 0 Å². The van der Waals surface area contributed by atoms with Gasteiger partial charge in [-0.2, -0.15) is 0 Å². The summed E-state index contributed by atoms with van der Waals surface area (Å²) in [5.74, 6) is 0.881. The fourth-order valence-electron chi connectivity index (χ4n) is 1.41. The van der Waals surface area contributed by atoms with Gasteiger partial charge >= 0.3 is 5.97 Å². The van der Waals surface area contributed by atoms with Crippen LogP contribution in [0.3, 0.4) is 0 Å². The number of hydrogen-bond acceptors (Lipinski definition) is 5. The molecule has 0 aliphatic heterocycles. The van der Waals surface area contributed by atoms with E-state index in [9.17, 15) is 4.79 Å². The minimum atomic E-state index is -0.374. The highest BCUT2D eigenvalue weighted by atomic mass is 32.1. The van der Waals surface area contributed by atoms with Crippen molar-refractivity contribution in [1.29, 1.82) is 0 Å². The van der Waals surface area contributed by atoms with Crippen LogP contribution in [0.15, 0.2) is 18.2 Å². The lowest BCUT2D eigenvalue weighted by Gasteiger charge is -2.12. The van der Waals surface area contributed by atoms with E-state index in [4.69, 9.17) is 21.7 Å². The summed E-state index contributed by atoms with van der Waals surface area (Å²) in [6, 6.07) is 5.34. The van der Waals surface area contributed by atoms with Crippen LogP contribution in [-0.4, -0.2) is 38.3 Å². The van der Waals surface area contributed by atoms with Crippen molar-refractivity contribution in [3.8, 4) is 11.5 Å². The molecule has 1 aromatic rings. The first-order valence-corrected chi connectivity index (χ1v) is 6.19. The molecule has 5 nitrogen and oxygen atoms in total. The smallest absolute Gasteiger partial charge is 0.325 e. The molecule has 6 heteroatoms. The molecular weight excluding hydrogens is 266 g/mol. The second-order valence-electron chi connectivity index (χ2n) is 3.56. The first-order valence-electron chi connectivity index (χ1n) is 5.78. The standard InChI is InChI=1S/C13H17NO4S/c1-4-18-11-7-9(5-6-10(11)16-2)13(19)14-8-12(15)17-3/h5-7H,4,8H2,1-3H3,(H,14,19). The lowest BCUT2D eigenvalue weighted by atomic mass is 10.2. The van der Waals surface area contributed by atoms with E-state index in [1.54, 1.807) is 25.3 Å². The van der Waals surface area contributed by atoms with Crippen molar-refractivity contribution >= 4 is 23.2 Å². The van der Waals surface area contributed by atoms with Crippen molar-refractivity contribution in [2.24, 2.45) is 0 Å². The minimum Gasteiger partial charge on any atom is -0.493 e. The zero-order chi connectivity index (χ0) is 14.3. The lowest BCUT2D eigenvalue weighted by molar-refractivity contribution is -0.139. The number of methoxy groups -OCH3 is 2. The summed E-state index contributed by atoms with van der Waals surface area (Å²) in [5.41, 5.74) is 0.753. The van der Waals surface area contributed by atoms with E-state index >= 15 is 0 Å². The number of thiocarbonyl (C=S) groups is 1. The Morgan fingerprint density at radius 2 is 2.05 bits per heavy atom. The molecule has 1 rings (SSSR count). The summed E-state index contributed by atoms with van der Waals surface area (Å²) in [6.07, 6.45) is 0. The maximum Gasteiger partial charge on any atom is 0.325 e. The van der Waals surface area contributed by atoms with Gasteiger partial charge < -0.3 is 19.5 Å². The number of ether oxygens (including phenoxy) is 3. The number of benzene rings is 1. The molecule has 0 amide bonds. The molecule has 0 aliphatic rings. The Hall–Kier alpha value is -1.82. The molecule has 0 saturated heterocycles. The van der Waals surface area contributed by atoms with Gasteiger partial charge in [-0.1, -0.05) is 12.2 Å². The van der Waals surface area contributed by atoms with Crippen LogP contribution in [-0.2, 0) is 9.53 Å². The average molecular weight is 283 g/mol. The summed E-state index contributed by atoms with van der Waals surface area (Å²) >= 11 is 5.19. The Morgan fingerprint density at radius 1 is 1.32 bits per heavy atom. The van der Waals surface area contributed by atoms with E-state index in [0.717, 1.165) is 5.56 Å². The van der Waals surface area contributed by atoms with Gasteiger partial charge in [-0.05, 0) is 25.1 Å². The molecule has 0 bridgehead atoms. The minimum absolute atomic E-state index is 0.0331. The van der Waals surface area contributed by atoms with Crippen LogP contribution in [0.4, 0.5) is 0 Å². The third kappa shape index (κ3) is 4.40. The van der Waals surface area contributed by atoms with E-state index in [0.29, 0.717) is 23.1 Å². The SMILES string of the molecule is CCOc1cc(C(=S)NCC(=O)OC)ccc1OC. The molecule has 0 fully saturated rings. The van der Waals surface area contributed by atoms with E-state index in [1.165, 1.54) is 7.11 Å². The molecule has 104 valence electrons. The van der Waals surface area contributed by atoms with Crippen LogP contribution < -0.4 is 14.8 Å². The van der Waals surface area contributed by atoms with Crippen LogP contribution in [0.2, 0.25) is 0 Å². The monoisotopic (exact) mass is 283 g/mol. The van der Waals surface area contributed by atoms with E-state index < -0.39 is 0 Å². The summed E-state index contributed by atoms with van der Waals surface area (Å²) < 4.78 is 15.2. The summed E-state index contributed by atoms with van der Waals surface area (Å²) in [4.78, 5) is 11.5. The molecule has 0 aliphatic carbocycles. The number of nitrogens with one attached hydrogen (secondary N) is 1. The maximum absolute atomic E-state index is 11.0. The largest absolute Gasteiger partial charge is 0.493 e. The fraction of sp³-hybridized carbons (Fsp3) is 0.385. The highest BCUT2D eigenvalue weighted by molar-refractivity contribution is 7.80. The molecular formula is C13H17NO4S.